The Bertz CT molecular complexity index is 393. The number of hydrogen-bond acceptors (Lipinski definition) is 2. The largest absolute Gasteiger partial charge is 0.285 e. The van der Waals surface area contributed by atoms with Gasteiger partial charge in [-0.1, -0.05) is 23.2 Å². The summed E-state index contributed by atoms with van der Waals surface area (Å²) in [5.41, 5.74) is 0.236. The van der Waals surface area contributed by atoms with Crippen LogP contribution in [0.1, 0.15) is 5.56 Å². The summed E-state index contributed by atoms with van der Waals surface area (Å²) in [5.74, 6) is 0.671. The van der Waals surface area contributed by atoms with Gasteiger partial charge in [-0.05, 0) is 23.8 Å². The lowest BCUT2D eigenvalue weighted by atomic mass is 10.2. The van der Waals surface area contributed by atoms with E-state index in [2.05, 4.69) is 0 Å². The number of hydrogen-bond donors (Lipinski definition) is 1. The van der Waals surface area contributed by atoms with E-state index in [-0.39, 0.29) is 5.56 Å². The van der Waals surface area contributed by atoms with Gasteiger partial charge in [-0.3, -0.25) is 4.55 Å². The van der Waals surface area contributed by atoms with E-state index in [0.29, 0.717) is 15.8 Å². The fourth-order valence-corrected chi connectivity index (χ4v) is 1.84. The van der Waals surface area contributed by atoms with E-state index < -0.39 is 10.1 Å². The van der Waals surface area contributed by atoms with Gasteiger partial charge in [0.15, 0.2) is 0 Å². The molecule has 6 heteroatoms. The molecule has 0 atom stereocenters. The first-order valence-corrected chi connectivity index (χ1v) is 5.41. The molecule has 1 rings (SSSR count). The molecule has 71 valence electrons. The monoisotopic (exact) mass is 239 g/mol. The SMILES string of the molecule is O=S(=O)(O)[CH]c1cc(Cl)cc(Cl)c1. The third kappa shape index (κ3) is 3.95. The van der Waals surface area contributed by atoms with Gasteiger partial charge in [-0.2, -0.15) is 8.42 Å². The molecule has 0 spiro atoms. The van der Waals surface area contributed by atoms with Crippen LogP contribution in [0.15, 0.2) is 18.2 Å². The van der Waals surface area contributed by atoms with Crippen molar-refractivity contribution in [1.29, 1.82) is 0 Å². The summed E-state index contributed by atoms with van der Waals surface area (Å²) < 4.78 is 29.4. The van der Waals surface area contributed by atoms with Crippen molar-refractivity contribution in [2.24, 2.45) is 0 Å². The Labute approximate surface area is 86.0 Å². The quantitative estimate of drug-likeness (QED) is 0.807. The maximum atomic E-state index is 10.4. The minimum absolute atomic E-state index is 0.236. The van der Waals surface area contributed by atoms with E-state index in [1.54, 1.807) is 0 Å². The van der Waals surface area contributed by atoms with Crippen molar-refractivity contribution in [1.82, 2.24) is 0 Å². The number of rotatable bonds is 2. The molecular formula is C7H5Cl2O3S. The number of halogens is 2. The molecule has 0 aliphatic carbocycles. The minimum Gasteiger partial charge on any atom is -0.285 e. The molecule has 0 saturated heterocycles. The van der Waals surface area contributed by atoms with Gasteiger partial charge in [-0.25, -0.2) is 0 Å². The Morgan fingerprint density at radius 3 is 2.00 bits per heavy atom. The highest BCUT2D eigenvalue weighted by Crippen LogP contribution is 2.20. The van der Waals surface area contributed by atoms with Crippen molar-refractivity contribution in [3.8, 4) is 0 Å². The second-order valence-corrected chi connectivity index (χ2v) is 4.47. The lowest BCUT2D eigenvalue weighted by molar-refractivity contribution is 0.491. The van der Waals surface area contributed by atoms with E-state index >= 15 is 0 Å². The Kier molecular flexibility index (Phi) is 3.18. The van der Waals surface area contributed by atoms with Crippen molar-refractivity contribution in [3.63, 3.8) is 0 Å². The van der Waals surface area contributed by atoms with Crippen LogP contribution in [0, 0.1) is 5.75 Å². The molecule has 0 saturated carbocycles. The van der Waals surface area contributed by atoms with Crippen LogP contribution in [0.25, 0.3) is 0 Å². The van der Waals surface area contributed by atoms with Gasteiger partial charge >= 0.3 is 0 Å². The normalized spacial score (nSPS) is 11.6. The summed E-state index contributed by atoms with van der Waals surface area (Å²) in [6, 6.07) is 4.22. The van der Waals surface area contributed by atoms with Crippen LogP contribution < -0.4 is 0 Å². The van der Waals surface area contributed by atoms with Gasteiger partial charge in [0.2, 0.25) is 0 Å². The molecule has 0 aliphatic rings. The second kappa shape index (κ2) is 3.84. The maximum Gasteiger partial charge on any atom is 0.273 e. The first-order valence-electron chi connectivity index (χ1n) is 3.15. The van der Waals surface area contributed by atoms with Crippen LogP contribution in [-0.2, 0) is 10.1 Å². The summed E-state index contributed by atoms with van der Waals surface area (Å²) in [6.45, 7) is 0. The van der Waals surface area contributed by atoms with Crippen molar-refractivity contribution in [2.45, 2.75) is 0 Å². The molecule has 1 aromatic rings. The summed E-state index contributed by atoms with van der Waals surface area (Å²) in [4.78, 5) is 0. The van der Waals surface area contributed by atoms with Gasteiger partial charge in [0.1, 0.15) is 5.75 Å². The zero-order valence-electron chi connectivity index (χ0n) is 6.24. The van der Waals surface area contributed by atoms with Crippen LogP contribution in [0.3, 0.4) is 0 Å². The topological polar surface area (TPSA) is 54.4 Å². The molecule has 3 nitrogen and oxygen atoms in total. The van der Waals surface area contributed by atoms with Crippen LogP contribution in [0.4, 0.5) is 0 Å². The molecule has 0 amide bonds. The Balaban J connectivity index is 3.03. The van der Waals surface area contributed by atoms with Gasteiger partial charge in [0.25, 0.3) is 10.1 Å². The van der Waals surface area contributed by atoms with E-state index in [4.69, 9.17) is 27.8 Å². The molecule has 0 aliphatic heterocycles. The molecule has 1 radical (unpaired) electrons. The second-order valence-electron chi connectivity index (χ2n) is 2.34. The van der Waals surface area contributed by atoms with E-state index in [9.17, 15) is 8.42 Å². The Morgan fingerprint density at radius 2 is 1.62 bits per heavy atom. The average Bonchev–Trinajstić information content (AvgIpc) is 1.78. The van der Waals surface area contributed by atoms with Crippen molar-refractivity contribution in [3.05, 3.63) is 39.6 Å². The van der Waals surface area contributed by atoms with Crippen molar-refractivity contribution in [2.75, 3.05) is 0 Å². The van der Waals surface area contributed by atoms with E-state index in [0.717, 1.165) is 0 Å². The fourth-order valence-electron chi connectivity index (χ4n) is 0.815. The van der Waals surface area contributed by atoms with Crippen LogP contribution in [0.5, 0.6) is 0 Å². The van der Waals surface area contributed by atoms with Crippen molar-refractivity contribution >= 4 is 33.3 Å². The molecule has 0 bridgehead atoms. The zero-order chi connectivity index (χ0) is 10.1. The fraction of sp³-hybridized carbons (Fsp3) is 0. The molecule has 0 aromatic heterocycles. The zero-order valence-corrected chi connectivity index (χ0v) is 8.57. The molecule has 0 fully saturated rings. The predicted octanol–water partition coefficient (Wildman–Crippen LogP) is 2.39. The Hall–Kier alpha value is -0.290. The molecule has 1 N–H and O–H groups in total. The number of benzene rings is 1. The molecule has 13 heavy (non-hydrogen) atoms. The molecule has 0 unspecified atom stereocenters. The predicted molar refractivity (Wildman–Crippen MR) is 51.4 cm³/mol. The molecule has 1 aromatic carbocycles. The van der Waals surface area contributed by atoms with Crippen molar-refractivity contribution < 1.29 is 13.0 Å². The van der Waals surface area contributed by atoms with E-state index in [1.807, 2.05) is 0 Å². The van der Waals surface area contributed by atoms with Crippen LogP contribution in [0.2, 0.25) is 10.0 Å². The van der Waals surface area contributed by atoms with Crippen LogP contribution in [-0.4, -0.2) is 13.0 Å². The van der Waals surface area contributed by atoms with E-state index in [1.165, 1.54) is 18.2 Å². The standard InChI is InChI=1S/C7H5Cl2O3S/c8-6-1-5(2-7(9)3-6)4-13(10,11)12/h1-4H,(H,10,11,12). The highest BCUT2D eigenvalue weighted by Gasteiger charge is 2.08. The molecule has 0 heterocycles. The Morgan fingerprint density at radius 1 is 1.15 bits per heavy atom. The van der Waals surface area contributed by atoms with Crippen LogP contribution >= 0.6 is 23.2 Å². The first-order chi connectivity index (χ1) is 5.87. The minimum atomic E-state index is -4.15. The van der Waals surface area contributed by atoms with Gasteiger partial charge in [-0.15, -0.1) is 0 Å². The summed E-state index contributed by atoms with van der Waals surface area (Å²) in [7, 11) is -4.15. The molecular weight excluding hydrogens is 235 g/mol. The highest BCUT2D eigenvalue weighted by atomic mass is 35.5. The third-order valence-corrected chi connectivity index (χ3v) is 2.18. The first kappa shape index (κ1) is 10.8. The van der Waals surface area contributed by atoms with Gasteiger partial charge in [0.05, 0.1) is 0 Å². The summed E-state index contributed by atoms with van der Waals surface area (Å²) in [5, 5.41) is 0.616. The summed E-state index contributed by atoms with van der Waals surface area (Å²) >= 11 is 11.2. The smallest absolute Gasteiger partial charge is 0.273 e. The van der Waals surface area contributed by atoms with Gasteiger partial charge in [0, 0.05) is 10.0 Å². The highest BCUT2D eigenvalue weighted by molar-refractivity contribution is 7.88. The lowest BCUT2D eigenvalue weighted by Gasteiger charge is -1.99. The average molecular weight is 240 g/mol. The summed E-state index contributed by atoms with van der Waals surface area (Å²) in [6.07, 6.45) is 0. The van der Waals surface area contributed by atoms with Gasteiger partial charge < -0.3 is 0 Å². The lowest BCUT2D eigenvalue weighted by Crippen LogP contribution is -1.98. The maximum absolute atomic E-state index is 10.4. The third-order valence-electron chi connectivity index (χ3n) is 1.17.